The van der Waals surface area contributed by atoms with Crippen molar-refractivity contribution in [3.05, 3.63) is 81.9 Å². The average molecular weight is 392 g/mol. The second-order valence-electron chi connectivity index (χ2n) is 6.90. The van der Waals surface area contributed by atoms with Gasteiger partial charge in [-0.15, -0.1) is 0 Å². The number of nitrogens with zero attached hydrogens (tertiary/aromatic N) is 5. The lowest BCUT2D eigenvalue weighted by Crippen LogP contribution is -2.27. The van der Waals surface area contributed by atoms with Crippen LogP contribution in [0.25, 0.3) is 0 Å². The Morgan fingerprint density at radius 1 is 1.07 bits per heavy atom. The summed E-state index contributed by atoms with van der Waals surface area (Å²) < 4.78 is 4.73. The summed E-state index contributed by atoms with van der Waals surface area (Å²) in [6, 6.07) is 20.2. The van der Waals surface area contributed by atoms with E-state index >= 15 is 0 Å². The molecule has 2 aromatic carbocycles. The van der Waals surface area contributed by atoms with Crippen molar-refractivity contribution >= 4 is 12.2 Å². The normalized spacial score (nSPS) is 10.9. The number of nitriles is 1. The first-order chi connectivity index (χ1) is 13.6. The highest BCUT2D eigenvalue weighted by Gasteiger charge is 2.12. The van der Waals surface area contributed by atoms with Crippen LogP contribution in [0.3, 0.4) is 0 Å². The van der Waals surface area contributed by atoms with Crippen molar-refractivity contribution < 1.29 is 0 Å². The van der Waals surface area contributed by atoms with E-state index in [1.54, 1.807) is 0 Å². The van der Waals surface area contributed by atoms with E-state index in [0.29, 0.717) is 12.2 Å². The van der Waals surface area contributed by atoms with Crippen LogP contribution in [0.1, 0.15) is 35.9 Å². The van der Waals surface area contributed by atoms with Gasteiger partial charge in [-0.05, 0) is 55.4 Å². The molecule has 0 N–H and O–H groups in total. The van der Waals surface area contributed by atoms with E-state index in [1.165, 1.54) is 11.1 Å². The largest absolute Gasteiger partial charge is 0.300 e. The molecule has 28 heavy (non-hydrogen) atoms. The summed E-state index contributed by atoms with van der Waals surface area (Å²) in [5.41, 5.74) is 3.08. The van der Waals surface area contributed by atoms with Crippen molar-refractivity contribution in [2.45, 2.75) is 40.0 Å². The van der Waals surface area contributed by atoms with E-state index < -0.39 is 0 Å². The Hall–Kier alpha value is -2.75. The Bertz CT molecular complexity index is 996. The maximum atomic E-state index is 8.97. The van der Waals surface area contributed by atoms with Gasteiger partial charge in [-0.2, -0.15) is 10.4 Å². The van der Waals surface area contributed by atoms with Gasteiger partial charge in [0.05, 0.1) is 24.8 Å². The van der Waals surface area contributed by atoms with Gasteiger partial charge >= 0.3 is 0 Å². The molecule has 0 aliphatic carbocycles. The highest BCUT2D eigenvalue weighted by Crippen LogP contribution is 2.11. The summed E-state index contributed by atoms with van der Waals surface area (Å²) in [4.78, 5) is 2.33. The van der Waals surface area contributed by atoms with Crippen LogP contribution in [0.4, 0.5) is 0 Å². The standard InChI is InChI=1S/C22H25N5S/c1-3-13-25(15-21-11-9-19(14-23)10-12-21)17-27-22(28)26(18(2)24-27)16-20-7-5-4-6-8-20/h4-12H,3,13,15-17H2,1-2H3. The predicted octanol–water partition coefficient (Wildman–Crippen LogP) is 4.51. The molecule has 1 heterocycles. The molecule has 6 heteroatoms. The Labute approximate surface area is 171 Å². The van der Waals surface area contributed by atoms with Gasteiger partial charge in [0.15, 0.2) is 4.77 Å². The van der Waals surface area contributed by atoms with Crippen LogP contribution in [-0.4, -0.2) is 25.8 Å². The topological polar surface area (TPSA) is 49.8 Å². The van der Waals surface area contributed by atoms with Gasteiger partial charge in [0.1, 0.15) is 5.82 Å². The van der Waals surface area contributed by atoms with Gasteiger partial charge in [0.2, 0.25) is 0 Å². The molecule has 0 aliphatic rings. The van der Waals surface area contributed by atoms with Crippen molar-refractivity contribution in [2.24, 2.45) is 0 Å². The number of aromatic nitrogens is 3. The van der Waals surface area contributed by atoms with Crippen molar-refractivity contribution in [3.63, 3.8) is 0 Å². The van der Waals surface area contributed by atoms with Crippen LogP contribution >= 0.6 is 12.2 Å². The first-order valence-electron chi connectivity index (χ1n) is 9.50. The molecule has 0 fully saturated rings. The lowest BCUT2D eigenvalue weighted by Gasteiger charge is -2.21. The molecular weight excluding hydrogens is 366 g/mol. The summed E-state index contributed by atoms with van der Waals surface area (Å²) in [5, 5.41) is 13.7. The zero-order valence-corrected chi connectivity index (χ0v) is 17.2. The van der Waals surface area contributed by atoms with Crippen LogP contribution < -0.4 is 0 Å². The van der Waals surface area contributed by atoms with Gasteiger partial charge in [0.25, 0.3) is 0 Å². The fourth-order valence-corrected chi connectivity index (χ4v) is 3.53. The quantitative estimate of drug-likeness (QED) is 0.530. The van der Waals surface area contributed by atoms with Crippen molar-refractivity contribution in [1.29, 1.82) is 5.26 Å². The fourth-order valence-electron chi connectivity index (χ4n) is 3.24. The Morgan fingerprint density at radius 3 is 2.43 bits per heavy atom. The number of aryl methyl sites for hydroxylation is 1. The van der Waals surface area contributed by atoms with Gasteiger partial charge in [0, 0.05) is 6.54 Å². The van der Waals surface area contributed by atoms with Crippen LogP contribution in [0.2, 0.25) is 0 Å². The minimum atomic E-state index is 0.648. The Balaban J connectivity index is 1.76. The third-order valence-electron chi connectivity index (χ3n) is 4.65. The van der Waals surface area contributed by atoms with Gasteiger partial charge in [-0.3, -0.25) is 9.47 Å². The molecule has 0 saturated carbocycles. The van der Waals surface area contributed by atoms with Gasteiger partial charge in [-0.25, -0.2) is 4.68 Å². The first kappa shape index (κ1) is 20.0. The van der Waals surface area contributed by atoms with E-state index in [4.69, 9.17) is 17.5 Å². The van der Waals surface area contributed by atoms with Gasteiger partial charge in [-0.1, -0.05) is 49.4 Å². The van der Waals surface area contributed by atoms with Crippen molar-refractivity contribution in [1.82, 2.24) is 19.2 Å². The summed E-state index contributed by atoms with van der Waals surface area (Å²) in [7, 11) is 0. The molecular formula is C22H25N5S. The van der Waals surface area contributed by atoms with Crippen LogP contribution in [0, 0.1) is 23.0 Å². The smallest absolute Gasteiger partial charge is 0.199 e. The molecule has 0 spiro atoms. The lowest BCUT2D eigenvalue weighted by atomic mass is 10.1. The average Bonchev–Trinajstić information content (AvgIpc) is 2.97. The van der Waals surface area contributed by atoms with Crippen LogP contribution in [0.5, 0.6) is 0 Å². The monoisotopic (exact) mass is 391 g/mol. The molecule has 0 unspecified atom stereocenters. The molecule has 0 bridgehead atoms. The molecule has 0 radical (unpaired) electrons. The summed E-state index contributed by atoms with van der Waals surface area (Å²) in [6.45, 7) is 7.30. The fraction of sp³-hybridized carbons (Fsp3) is 0.318. The summed E-state index contributed by atoms with van der Waals surface area (Å²) in [6.07, 6.45) is 1.05. The molecule has 5 nitrogen and oxygen atoms in total. The zero-order chi connectivity index (χ0) is 19.9. The number of benzene rings is 2. The Morgan fingerprint density at radius 2 is 1.79 bits per heavy atom. The van der Waals surface area contributed by atoms with Crippen molar-refractivity contribution in [3.8, 4) is 6.07 Å². The molecule has 144 valence electrons. The minimum Gasteiger partial charge on any atom is -0.300 e. The molecule has 1 aromatic heterocycles. The third kappa shape index (κ3) is 4.94. The maximum absolute atomic E-state index is 8.97. The molecule has 0 atom stereocenters. The molecule has 0 amide bonds. The highest BCUT2D eigenvalue weighted by atomic mass is 32.1. The molecule has 0 aliphatic heterocycles. The zero-order valence-electron chi connectivity index (χ0n) is 16.4. The minimum absolute atomic E-state index is 0.648. The number of hydrogen-bond donors (Lipinski definition) is 0. The van der Waals surface area contributed by atoms with E-state index in [-0.39, 0.29) is 0 Å². The van der Waals surface area contributed by atoms with E-state index in [9.17, 15) is 0 Å². The van der Waals surface area contributed by atoms with Crippen molar-refractivity contribution in [2.75, 3.05) is 6.54 Å². The summed E-state index contributed by atoms with van der Waals surface area (Å²) >= 11 is 5.71. The number of rotatable bonds is 8. The molecule has 0 saturated heterocycles. The predicted molar refractivity (Wildman–Crippen MR) is 113 cm³/mol. The van der Waals surface area contributed by atoms with Crippen LogP contribution in [0.15, 0.2) is 54.6 Å². The SMILES string of the molecule is CCCN(Cc1ccc(C#N)cc1)Cn1nc(C)n(Cc2ccccc2)c1=S. The van der Waals surface area contributed by atoms with E-state index in [1.807, 2.05) is 54.1 Å². The lowest BCUT2D eigenvalue weighted by molar-refractivity contribution is 0.196. The van der Waals surface area contributed by atoms with E-state index in [2.05, 4.69) is 39.7 Å². The third-order valence-corrected chi connectivity index (χ3v) is 5.09. The van der Waals surface area contributed by atoms with Gasteiger partial charge < -0.3 is 0 Å². The highest BCUT2D eigenvalue weighted by molar-refractivity contribution is 7.71. The maximum Gasteiger partial charge on any atom is 0.199 e. The molecule has 3 aromatic rings. The number of hydrogen-bond acceptors (Lipinski definition) is 4. The molecule has 3 rings (SSSR count). The van der Waals surface area contributed by atoms with E-state index in [0.717, 1.165) is 36.7 Å². The Kier molecular flexibility index (Phi) is 6.75. The van der Waals surface area contributed by atoms with Crippen LogP contribution in [-0.2, 0) is 19.8 Å². The first-order valence-corrected chi connectivity index (χ1v) is 9.91. The second-order valence-corrected chi connectivity index (χ2v) is 7.27. The summed E-state index contributed by atoms with van der Waals surface area (Å²) in [5.74, 6) is 0.920. The second kappa shape index (κ2) is 9.45.